The molecule has 2 atom stereocenters. The molecule has 2 rings (SSSR count). The van der Waals surface area contributed by atoms with Gasteiger partial charge in [-0.05, 0) is 50.7 Å². The summed E-state index contributed by atoms with van der Waals surface area (Å²) >= 11 is 1.49. The van der Waals surface area contributed by atoms with Gasteiger partial charge >= 0.3 is 0 Å². The highest BCUT2D eigenvalue weighted by Crippen LogP contribution is 2.39. The van der Waals surface area contributed by atoms with Gasteiger partial charge in [0.2, 0.25) is 5.95 Å². The van der Waals surface area contributed by atoms with Crippen LogP contribution in [-0.2, 0) is 5.54 Å². The first-order valence-corrected chi connectivity index (χ1v) is 9.17. The number of nitrogens with one attached hydrogen (secondary N) is 1. The van der Waals surface area contributed by atoms with Crippen LogP contribution in [0.3, 0.4) is 0 Å². The molecule has 1 fully saturated rings. The molecular formula is C16H29N5S. The van der Waals surface area contributed by atoms with Crippen molar-refractivity contribution >= 4 is 17.7 Å². The van der Waals surface area contributed by atoms with Crippen LogP contribution in [0.2, 0.25) is 0 Å². The van der Waals surface area contributed by atoms with Gasteiger partial charge in [-0.15, -0.1) is 0 Å². The summed E-state index contributed by atoms with van der Waals surface area (Å²) in [5, 5.41) is 4.43. The van der Waals surface area contributed by atoms with Crippen LogP contribution in [0.4, 0.5) is 5.95 Å². The van der Waals surface area contributed by atoms with Gasteiger partial charge in [-0.1, -0.05) is 32.5 Å². The van der Waals surface area contributed by atoms with Crippen LogP contribution in [0.25, 0.3) is 0 Å². The summed E-state index contributed by atoms with van der Waals surface area (Å²) in [5.41, 5.74) is 5.89. The van der Waals surface area contributed by atoms with Crippen molar-refractivity contribution in [3.63, 3.8) is 0 Å². The maximum absolute atomic E-state index is 5.83. The lowest BCUT2D eigenvalue weighted by Gasteiger charge is -2.42. The molecule has 0 aromatic carbocycles. The third kappa shape index (κ3) is 4.32. The molecule has 1 aliphatic rings. The molecule has 124 valence electrons. The Morgan fingerprint density at radius 2 is 1.91 bits per heavy atom. The van der Waals surface area contributed by atoms with Crippen LogP contribution >= 0.6 is 11.8 Å². The van der Waals surface area contributed by atoms with Crippen molar-refractivity contribution in [2.75, 3.05) is 12.0 Å². The van der Waals surface area contributed by atoms with E-state index in [0.717, 1.165) is 11.7 Å². The summed E-state index contributed by atoms with van der Waals surface area (Å²) in [6.45, 7) is 11.3. The summed E-state index contributed by atoms with van der Waals surface area (Å²) < 4.78 is 0. The van der Waals surface area contributed by atoms with E-state index in [9.17, 15) is 0 Å². The summed E-state index contributed by atoms with van der Waals surface area (Å²) in [6, 6.07) is 0.476. The summed E-state index contributed by atoms with van der Waals surface area (Å²) in [5.74, 6) is 1.75. The molecule has 0 spiro atoms. The lowest BCUT2D eigenvalue weighted by atomic mass is 9.70. The van der Waals surface area contributed by atoms with Crippen molar-refractivity contribution in [2.24, 2.45) is 11.3 Å². The monoisotopic (exact) mass is 323 g/mol. The van der Waals surface area contributed by atoms with Gasteiger partial charge in [-0.3, -0.25) is 0 Å². The molecule has 1 aromatic heterocycles. The fourth-order valence-corrected chi connectivity index (χ4v) is 4.14. The van der Waals surface area contributed by atoms with Gasteiger partial charge in [-0.25, -0.2) is 4.98 Å². The average molecular weight is 324 g/mol. The fourth-order valence-electron chi connectivity index (χ4n) is 3.77. The number of nitrogens with zero attached hydrogens (tertiary/aromatic N) is 3. The van der Waals surface area contributed by atoms with E-state index < -0.39 is 0 Å². The second-order valence-electron chi connectivity index (χ2n) is 7.88. The van der Waals surface area contributed by atoms with Crippen LogP contribution in [0.5, 0.6) is 0 Å². The van der Waals surface area contributed by atoms with Crippen molar-refractivity contribution in [3.8, 4) is 0 Å². The van der Waals surface area contributed by atoms with Crippen LogP contribution in [0, 0.1) is 11.3 Å². The number of thioether (sulfide) groups is 1. The van der Waals surface area contributed by atoms with E-state index in [4.69, 9.17) is 5.73 Å². The summed E-state index contributed by atoms with van der Waals surface area (Å²) in [4.78, 5) is 13.0. The number of nitrogen functional groups attached to an aromatic ring is 1. The molecule has 1 saturated carbocycles. The highest BCUT2D eigenvalue weighted by Gasteiger charge is 2.36. The Hall–Kier alpha value is -0.880. The van der Waals surface area contributed by atoms with E-state index in [-0.39, 0.29) is 5.54 Å². The number of rotatable bonds is 4. The molecule has 0 amide bonds. The van der Waals surface area contributed by atoms with Gasteiger partial charge in [0, 0.05) is 6.04 Å². The second kappa shape index (κ2) is 6.32. The van der Waals surface area contributed by atoms with E-state index >= 15 is 0 Å². The fraction of sp³-hybridized carbons (Fsp3) is 0.812. The molecular weight excluding hydrogens is 294 g/mol. The Labute approximate surface area is 138 Å². The first-order valence-electron chi connectivity index (χ1n) is 7.95. The minimum absolute atomic E-state index is 0.293. The Morgan fingerprint density at radius 3 is 2.50 bits per heavy atom. The van der Waals surface area contributed by atoms with Crippen molar-refractivity contribution in [2.45, 2.75) is 70.6 Å². The van der Waals surface area contributed by atoms with Crippen LogP contribution in [0.15, 0.2) is 5.16 Å². The smallest absolute Gasteiger partial charge is 0.224 e. The van der Waals surface area contributed by atoms with Gasteiger partial charge in [0.05, 0.1) is 5.54 Å². The van der Waals surface area contributed by atoms with Crippen LogP contribution in [0.1, 0.15) is 59.7 Å². The quantitative estimate of drug-likeness (QED) is 0.829. The maximum Gasteiger partial charge on any atom is 0.224 e. The van der Waals surface area contributed by atoms with E-state index in [2.05, 4.69) is 54.9 Å². The molecule has 0 radical (unpaired) electrons. The standard InChI is InChI=1S/C16H29N5S/c1-10-7-11(9-15(2,3)8-10)21-16(4,5)12-18-13(17)20-14(19-12)22-6/h10-11,21H,7-9H2,1-6H3,(H2,17,18,19,20). The van der Waals surface area contributed by atoms with Gasteiger partial charge in [0.15, 0.2) is 11.0 Å². The third-order valence-electron chi connectivity index (χ3n) is 4.33. The third-order valence-corrected chi connectivity index (χ3v) is 4.87. The number of hydrogen-bond acceptors (Lipinski definition) is 6. The molecule has 22 heavy (non-hydrogen) atoms. The summed E-state index contributed by atoms with van der Waals surface area (Å²) in [7, 11) is 0. The zero-order valence-electron chi connectivity index (χ0n) is 14.6. The Balaban J connectivity index is 2.18. The normalized spacial score (nSPS) is 25.2. The van der Waals surface area contributed by atoms with Gasteiger partial charge in [0.1, 0.15) is 0 Å². The SMILES string of the molecule is CSc1nc(N)nc(C(C)(C)NC2CC(C)CC(C)(C)C2)n1. The minimum Gasteiger partial charge on any atom is -0.368 e. The Bertz CT molecular complexity index is 529. The highest BCUT2D eigenvalue weighted by atomic mass is 32.2. The van der Waals surface area contributed by atoms with Gasteiger partial charge in [-0.2, -0.15) is 9.97 Å². The molecule has 1 heterocycles. The van der Waals surface area contributed by atoms with Gasteiger partial charge in [0.25, 0.3) is 0 Å². The molecule has 0 saturated heterocycles. The Morgan fingerprint density at radius 1 is 1.23 bits per heavy atom. The zero-order chi connectivity index (χ0) is 16.5. The molecule has 1 aliphatic carbocycles. The zero-order valence-corrected chi connectivity index (χ0v) is 15.4. The minimum atomic E-state index is -0.320. The first-order chi connectivity index (χ1) is 10.1. The molecule has 3 N–H and O–H groups in total. The van der Waals surface area contributed by atoms with Crippen molar-refractivity contribution in [3.05, 3.63) is 5.82 Å². The van der Waals surface area contributed by atoms with Crippen LogP contribution in [-0.4, -0.2) is 27.2 Å². The van der Waals surface area contributed by atoms with E-state index in [1.807, 2.05) is 6.26 Å². The number of hydrogen-bond donors (Lipinski definition) is 2. The molecule has 0 bridgehead atoms. The number of anilines is 1. The highest BCUT2D eigenvalue weighted by molar-refractivity contribution is 7.98. The largest absolute Gasteiger partial charge is 0.368 e. The molecule has 6 heteroatoms. The molecule has 2 unspecified atom stereocenters. The van der Waals surface area contributed by atoms with E-state index in [0.29, 0.717) is 22.6 Å². The average Bonchev–Trinajstić information content (AvgIpc) is 2.34. The van der Waals surface area contributed by atoms with Gasteiger partial charge < -0.3 is 11.1 Å². The first kappa shape index (κ1) is 17.5. The predicted octanol–water partition coefficient (Wildman–Crippen LogP) is 3.22. The maximum atomic E-state index is 5.83. The van der Waals surface area contributed by atoms with E-state index in [1.165, 1.54) is 31.0 Å². The lowest BCUT2D eigenvalue weighted by molar-refractivity contribution is 0.130. The number of aromatic nitrogens is 3. The molecule has 1 aromatic rings. The van der Waals surface area contributed by atoms with Crippen molar-refractivity contribution < 1.29 is 0 Å². The van der Waals surface area contributed by atoms with Crippen molar-refractivity contribution in [1.29, 1.82) is 0 Å². The summed E-state index contributed by atoms with van der Waals surface area (Å²) in [6.07, 6.45) is 5.62. The Kier molecular flexibility index (Phi) is 5.02. The second-order valence-corrected chi connectivity index (χ2v) is 8.66. The topological polar surface area (TPSA) is 76.7 Å². The predicted molar refractivity (Wildman–Crippen MR) is 92.8 cm³/mol. The lowest BCUT2D eigenvalue weighted by Crippen LogP contribution is -2.49. The van der Waals surface area contributed by atoms with E-state index in [1.54, 1.807) is 0 Å². The van der Waals surface area contributed by atoms with Crippen molar-refractivity contribution in [1.82, 2.24) is 20.3 Å². The number of nitrogens with two attached hydrogens (primary N) is 1. The van der Waals surface area contributed by atoms with Crippen LogP contribution < -0.4 is 11.1 Å². The molecule has 0 aliphatic heterocycles. The molecule has 5 nitrogen and oxygen atoms in total.